The molecule has 2 aliphatic heterocycles. The van der Waals surface area contributed by atoms with Crippen molar-refractivity contribution in [2.45, 2.75) is 25.8 Å². The number of anilines is 1. The molecule has 0 saturated carbocycles. The molecule has 0 saturated heterocycles. The van der Waals surface area contributed by atoms with Crippen LogP contribution in [0.3, 0.4) is 0 Å². The lowest BCUT2D eigenvalue weighted by atomic mass is 9.68. The van der Waals surface area contributed by atoms with E-state index >= 15 is 0 Å². The Hall–Kier alpha value is -4.40. The molecule has 1 atom stereocenters. The quantitative estimate of drug-likeness (QED) is 0.566. The lowest BCUT2D eigenvalue weighted by molar-refractivity contribution is -0.140. The van der Waals surface area contributed by atoms with Crippen LogP contribution in [-0.2, 0) is 33.3 Å². The van der Waals surface area contributed by atoms with E-state index in [2.05, 4.69) is 0 Å². The van der Waals surface area contributed by atoms with Gasteiger partial charge in [0, 0.05) is 30.1 Å². The second-order valence-corrected chi connectivity index (χ2v) is 8.74. The molecular weight excluding hydrogens is 465 g/mol. The fourth-order valence-electron chi connectivity index (χ4n) is 5.02. The summed E-state index contributed by atoms with van der Waals surface area (Å²) in [4.78, 5) is 43.1. The number of ether oxygens (including phenoxy) is 2. The molecule has 5 rings (SSSR count). The average Bonchev–Trinajstić information content (AvgIpc) is 3.07. The zero-order valence-corrected chi connectivity index (χ0v) is 20.0. The molecule has 3 aromatic rings. The minimum Gasteiger partial charge on any atom is -0.462 e. The van der Waals surface area contributed by atoms with E-state index in [1.165, 1.54) is 21.6 Å². The number of carbonyl (C=O) groups excluding carboxylic acids is 2. The number of pyridine rings is 1. The average molecular weight is 490 g/mol. The number of amides is 1. The highest BCUT2D eigenvalue weighted by molar-refractivity contribution is 6.18. The largest absolute Gasteiger partial charge is 0.462 e. The molecule has 9 heteroatoms. The topological polar surface area (TPSA) is 104 Å². The molecular formula is C27H24FN3O5. The van der Waals surface area contributed by atoms with E-state index in [4.69, 9.17) is 15.2 Å². The van der Waals surface area contributed by atoms with Gasteiger partial charge >= 0.3 is 5.97 Å². The summed E-state index contributed by atoms with van der Waals surface area (Å²) in [6.45, 7) is 3.46. The molecule has 2 aliphatic rings. The number of fused-ring (bicyclic) bond motifs is 4. The van der Waals surface area contributed by atoms with Crippen LogP contribution in [0.4, 0.5) is 10.1 Å². The third-order valence-corrected chi connectivity index (χ3v) is 6.75. The number of halogens is 1. The summed E-state index contributed by atoms with van der Waals surface area (Å²) in [7, 11) is 1.58. The number of rotatable bonds is 4. The van der Waals surface area contributed by atoms with Crippen molar-refractivity contribution in [1.82, 2.24) is 4.57 Å². The molecule has 36 heavy (non-hydrogen) atoms. The van der Waals surface area contributed by atoms with Crippen LogP contribution in [0.2, 0.25) is 0 Å². The minimum absolute atomic E-state index is 0.00749. The van der Waals surface area contributed by atoms with Crippen molar-refractivity contribution in [3.8, 4) is 5.75 Å². The Labute approximate surface area is 206 Å². The van der Waals surface area contributed by atoms with E-state index in [-0.39, 0.29) is 35.9 Å². The number of hydrogen-bond acceptors (Lipinski definition) is 6. The second-order valence-electron chi connectivity index (χ2n) is 8.74. The Bertz CT molecular complexity index is 1510. The second kappa shape index (κ2) is 8.37. The molecule has 1 aromatic heterocycles. The molecule has 2 aromatic carbocycles. The number of nitrogens with zero attached hydrogens (tertiary/aromatic N) is 2. The van der Waals surface area contributed by atoms with Gasteiger partial charge in [-0.05, 0) is 37.6 Å². The maximum Gasteiger partial charge on any atom is 0.341 e. The number of nitrogens with two attached hydrogens (primary N) is 1. The van der Waals surface area contributed by atoms with E-state index < -0.39 is 28.7 Å². The van der Waals surface area contributed by atoms with Gasteiger partial charge in [-0.2, -0.15) is 0 Å². The summed E-state index contributed by atoms with van der Waals surface area (Å²) in [5.74, 6) is -2.01. The molecule has 1 amide bonds. The highest BCUT2D eigenvalue weighted by atomic mass is 19.1. The highest BCUT2D eigenvalue weighted by Crippen LogP contribution is 2.54. The first kappa shape index (κ1) is 23.3. The monoisotopic (exact) mass is 489 g/mol. The zero-order valence-electron chi connectivity index (χ0n) is 20.0. The van der Waals surface area contributed by atoms with Crippen molar-refractivity contribution < 1.29 is 23.5 Å². The standard InChI is InChI=1S/C27H24FN3O5/c1-4-35-25(33)22-23(29)36-20-13-15(2)30(3)24(32)21(20)27(22)18-7-5-6-8-19(18)31(26(27)34)14-16-9-11-17(28)12-10-16/h5-13H,4,14,29H2,1-3H3. The van der Waals surface area contributed by atoms with Gasteiger partial charge in [0.15, 0.2) is 0 Å². The Morgan fingerprint density at radius 2 is 1.83 bits per heavy atom. The van der Waals surface area contributed by atoms with Gasteiger partial charge in [0.05, 0.1) is 18.7 Å². The van der Waals surface area contributed by atoms with Gasteiger partial charge in [0.1, 0.15) is 22.6 Å². The van der Waals surface area contributed by atoms with Crippen molar-refractivity contribution in [3.63, 3.8) is 0 Å². The van der Waals surface area contributed by atoms with Crippen LogP contribution in [-0.4, -0.2) is 23.1 Å². The van der Waals surface area contributed by atoms with E-state index in [1.807, 2.05) is 0 Å². The van der Waals surface area contributed by atoms with Gasteiger partial charge in [0.2, 0.25) is 11.8 Å². The van der Waals surface area contributed by atoms with E-state index in [0.29, 0.717) is 22.5 Å². The van der Waals surface area contributed by atoms with Gasteiger partial charge in [-0.3, -0.25) is 9.59 Å². The molecule has 0 fully saturated rings. The SMILES string of the molecule is CCOC(=O)C1=C(N)Oc2cc(C)n(C)c(=O)c2C12C(=O)N(Cc1ccc(F)cc1)c1ccccc12. The van der Waals surface area contributed by atoms with Gasteiger partial charge in [0.25, 0.3) is 5.56 Å². The predicted molar refractivity (Wildman–Crippen MR) is 130 cm³/mol. The van der Waals surface area contributed by atoms with Gasteiger partial charge in [-0.15, -0.1) is 0 Å². The third kappa shape index (κ3) is 3.16. The number of carbonyl (C=O) groups is 2. The fraction of sp³-hybridized carbons (Fsp3) is 0.222. The third-order valence-electron chi connectivity index (χ3n) is 6.75. The highest BCUT2D eigenvalue weighted by Gasteiger charge is 2.62. The first-order valence-corrected chi connectivity index (χ1v) is 11.4. The summed E-state index contributed by atoms with van der Waals surface area (Å²) in [5.41, 5.74) is 5.82. The molecule has 184 valence electrons. The molecule has 0 aliphatic carbocycles. The van der Waals surface area contributed by atoms with E-state index in [0.717, 1.165) is 0 Å². The normalized spacial score (nSPS) is 18.2. The summed E-state index contributed by atoms with van der Waals surface area (Å²) in [6, 6.07) is 14.3. The van der Waals surface area contributed by atoms with Crippen molar-refractivity contribution >= 4 is 17.6 Å². The van der Waals surface area contributed by atoms with Crippen LogP contribution in [0, 0.1) is 12.7 Å². The molecule has 3 heterocycles. The zero-order chi connectivity index (χ0) is 25.8. The smallest absolute Gasteiger partial charge is 0.341 e. The summed E-state index contributed by atoms with van der Waals surface area (Å²) in [5, 5.41) is 0. The fourth-order valence-corrected chi connectivity index (χ4v) is 5.02. The molecule has 1 unspecified atom stereocenters. The van der Waals surface area contributed by atoms with Crippen molar-refractivity contribution in [3.05, 3.63) is 105 Å². The van der Waals surface area contributed by atoms with Crippen LogP contribution in [0.25, 0.3) is 0 Å². The van der Waals surface area contributed by atoms with Crippen LogP contribution in [0.5, 0.6) is 5.75 Å². The lowest BCUT2D eigenvalue weighted by Gasteiger charge is -2.35. The van der Waals surface area contributed by atoms with E-state index in [1.54, 1.807) is 63.4 Å². The summed E-state index contributed by atoms with van der Waals surface area (Å²) in [6.07, 6.45) is 0. The maximum absolute atomic E-state index is 14.5. The molecule has 2 N–H and O–H groups in total. The Balaban J connectivity index is 1.84. The number of aromatic nitrogens is 1. The Morgan fingerprint density at radius 3 is 2.53 bits per heavy atom. The van der Waals surface area contributed by atoms with Crippen LogP contribution >= 0.6 is 0 Å². The van der Waals surface area contributed by atoms with Gasteiger partial charge in [-0.1, -0.05) is 30.3 Å². The number of hydrogen-bond donors (Lipinski definition) is 1. The number of aryl methyl sites for hydroxylation is 1. The van der Waals surface area contributed by atoms with Gasteiger partial charge < -0.3 is 24.7 Å². The van der Waals surface area contributed by atoms with Gasteiger partial charge in [-0.25, -0.2) is 9.18 Å². The maximum atomic E-state index is 14.5. The summed E-state index contributed by atoms with van der Waals surface area (Å²) < 4.78 is 26.0. The first-order valence-electron chi connectivity index (χ1n) is 11.4. The first-order chi connectivity index (χ1) is 17.2. The number of para-hydroxylation sites is 1. The minimum atomic E-state index is -1.89. The van der Waals surface area contributed by atoms with Crippen LogP contribution in [0.1, 0.15) is 29.3 Å². The lowest BCUT2D eigenvalue weighted by Crippen LogP contribution is -2.51. The van der Waals surface area contributed by atoms with Crippen molar-refractivity contribution in [2.75, 3.05) is 11.5 Å². The molecule has 8 nitrogen and oxygen atoms in total. The van der Waals surface area contributed by atoms with Crippen LogP contribution < -0.4 is 20.9 Å². The summed E-state index contributed by atoms with van der Waals surface area (Å²) >= 11 is 0. The molecule has 0 bridgehead atoms. The van der Waals surface area contributed by atoms with Crippen LogP contribution in [0.15, 0.2) is 70.8 Å². The Kier molecular flexibility index (Phi) is 5.43. The number of benzene rings is 2. The van der Waals surface area contributed by atoms with Crippen molar-refractivity contribution in [2.24, 2.45) is 12.8 Å². The Morgan fingerprint density at radius 1 is 1.14 bits per heavy atom. The predicted octanol–water partition coefficient (Wildman–Crippen LogP) is 2.79. The molecule has 1 spiro atoms. The molecule has 0 radical (unpaired) electrons. The van der Waals surface area contributed by atoms with E-state index in [9.17, 15) is 18.8 Å². The van der Waals surface area contributed by atoms with Crippen molar-refractivity contribution in [1.29, 1.82) is 0 Å². The number of esters is 1.